The van der Waals surface area contributed by atoms with E-state index in [4.69, 9.17) is 14.2 Å². The molecule has 2 atom stereocenters. The number of ether oxygens (including phenoxy) is 3. The Morgan fingerprint density at radius 2 is 1.76 bits per heavy atom. The summed E-state index contributed by atoms with van der Waals surface area (Å²) in [5.74, 6) is -0.931. The second kappa shape index (κ2) is 8.39. The van der Waals surface area contributed by atoms with E-state index in [9.17, 15) is 9.59 Å². The fourth-order valence-corrected chi connectivity index (χ4v) is 1.79. The van der Waals surface area contributed by atoms with Crippen molar-refractivity contribution in [1.82, 2.24) is 0 Å². The van der Waals surface area contributed by atoms with E-state index in [-0.39, 0.29) is 24.4 Å². The second-order valence-corrected chi connectivity index (χ2v) is 4.54. The number of amides is 1. The summed E-state index contributed by atoms with van der Waals surface area (Å²) in [5, 5.41) is 2.73. The molecule has 0 bridgehead atoms. The van der Waals surface area contributed by atoms with Crippen LogP contribution >= 0.6 is 0 Å². The van der Waals surface area contributed by atoms with Gasteiger partial charge in [0, 0.05) is 19.9 Å². The number of esters is 1. The van der Waals surface area contributed by atoms with E-state index in [0.717, 1.165) is 5.56 Å². The highest BCUT2D eigenvalue weighted by atomic mass is 16.5. The Morgan fingerprint density at radius 1 is 1.14 bits per heavy atom. The molecule has 1 aromatic carbocycles. The Kier molecular flexibility index (Phi) is 6.84. The van der Waals surface area contributed by atoms with E-state index in [2.05, 4.69) is 5.32 Å². The van der Waals surface area contributed by atoms with Crippen LogP contribution in [0.2, 0.25) is 0 Å². The Labute approximate surface area is 124 Å². The molecule has 1 N–H and O–H groups in total. The monoisotopic (exact) mass is 295 g/mol. The molecule has 0 radical (unpaired) electrons. The first-order chi connectivity index (χ1) is 10.0. The number of carbonyl (C=O) groups excluding carboxylic acids is 2. The van der Waals surface area contributed by atoms with Crippen molar-refractivity contribution >= 4 is 17.6 Å². The fourth-order valence-electron chi connectivity index (χ4n) is 1.79. The lowest BCUT2D eigenvalue weighted by Gasteiger charge is -2.15. The SMILES string of the molecule is COCC(OC)C(=O)Nc1ccc(C(C)C(=O)OC)cc1. The summed E-state index contributed by atoms with van der Waals surface area (Å²) >= 11 is 0. The molecule has 1 amide bonds. The van der Waals surface area contributed by atoms with Crippen LogP contribution in [0.15, 0.2) is 24.3 Å². The highest BCUT2D eigenvalue weighted by molar-refractivity contribution is 5.94. The maximum Gasteiger partial charge on any atom is 0.312 e. The van der Waals surface area contributed by atoms with Crippen LogP contribution in [0.4, 0.5) is 5.69 Å². The zero-order valence-corrected chi connectivity index (χ0v) is 12.7. The number of hydrogen-bond acceptors (Lipinski definition) is 5. The maximum atomic E-state index is 11.9. The van der Waals surface area contributed by atoms with Crippen molar-refractivity contribution in [2.45, 2.75) is 18.9 Å². The van der Waals surface area contributed by atoms with Crippen LogP contribution in [0.3, 0.4) is 0 Å². The molecule has 2 unspecified atom stereocenters. The molecule has 6 nitrogen and oxygen atoms in total. The van der Waals surface area contributed by atoms with Crippen LogP contribution in [0.25, 0.3) is 0 Å². The standard InChI is InChI=1S/C15H21NO5/c1-10(15(18)21-4)11-5-7-12(8-6-11)16-14(17)13(20-3)9-19-2/h5-8,10,13H,9H2,1-4H3,(H,16,17). The molecule has 0 aliphatic carbocycles. The number of anilines is 1. The fraction of sp³-hybridized carbons (Fsp3) is 0.467. The molecular weight excluding hydrogens is 274 g/mol. The van der Waals surface area contributed by atoms with Crippen molar-refractivity contribution in [3.63, 3.8) is 0 Å². The van der Waals surface area contributed by atoms with E-state index in [1.807, 2.05) is 0 Å². The minimum atomic E-state index is -0.663. The molecule has 1 aromatic rings. The van der Waals surface area contributed by atoms with E-state index in [1.54, 1.807) is 31.2 Å². The Hall–Kier alpha value is -1.92. The van der Waals surface area contributed by atoms with Gasteiger partial charge in [-0.3, -0.25) is 9.59 Å². The molecule has 1 rings (SSSR count). The van der Waals surface area contributed by atoms with Gasteiger partial charge in [-0.2, -0.15) is 0 Å². The van der Waals surface area contributed by atoms with Gasteiger partial charge in [0.25, 0.3) is 5.91 Å². The molecule has 0 fully saturated rings. The van der Waals surface area contributed by atoms with Gasteiger partial charge in [0.1, 0.15) is 0 Å². The lowest BCUT2D eigenvalue weighted by Crippen LogP contribution is -2.33. The van der Waals surface area contributed by atoms with Gasteiger partial charge in [-0.05, 0) is 24.6 Å². The molecule has 0 saturated heterocycles. The number of rotatable bonds is 7. The molecule has 0 aromatic heterocycles. The van der Waals surface area contributed by atoms with Gasteiger partial charge in [-0.15, -0.1) is 0 Å². The highest BCUT2D eigenvalue weighted by Crippen LogP contribution is 2.19. The van der Waals surface area contributed by atoms with E-state index >= 15 is 0 Å². The zero-order valence-electron chi connectivity index (χ0n) is 12.7. The summed E-state index contributed by atoms with van der Waals surface area (Å²) in [6.07, 6.45) is -0.663. The van der Waals surface area contributed by atoms with E-state index in [0.29, 0.717) is 5.69 Å². The van der Waals surface area contributed by atoms with Crippen LogP contribution < -0.4 is 5.32 Å². The summed E-state index contributed by atoms with van der Waals surface area (Å²) < 4.78 is 14.6. The number of methoxy groups -OCH3 is 3. The van der Waals surface area contributed by atoms with Gasteiger partial charge >= 0.3 is 5.97 Å². The molecule has 0 aliphatic rings. The van der Waals surface area contributed by atoms with Crippen molar-refractivity contribution in [2.75, 3.05) is 33.3 Å². The summed E-state index contributed by atoms with van der Waals surface area (Å²) in [7, 11) is 4.31. The Morgan fingerprint density at radius 3 is 2.24 bits per heavy atom. The summed E-state index contributed by atoms with van der Waals surface area (Å²) in [6, 6.07) is 7.00. The largest absolute Gasteiger partial charge is 0.469 e. The van der Waals surface area contributed by atoms with Crippen molar-refractivity contribution < 1.29 is 23.8 Å². The normalized spacial score (nSPS) is 13.3. The minimum absolute atomic E-state index is 0.180. The number of hydrogen-bond donors (Lipinski definition) is 1. The summed E-state index contributed by atoms with van der Waals surface area (Å²) in [5.41, 5.74) is 1.44. The Balaban J connectivity index is 2.70. The predicted octanol–water partition coefficient (Wildman–Crippen LogP) is 1.56. The third kappa shape index (κ3) is 4.84. The topological polar surface area (TPSA) is 73.9 Å². The molecule has 21 heavy (non-hydrogen) atoms. The van der Waals surface area contributed by atoms with Crippen LogP contribution in [-0.2, 0) is 23.8 Å². The third-order valence-corrected chi connectivity index (χ3v) is 3.13. The summed E-state index contributed by atoms with van der Waals surface area (Å²) in [4.78, 5) is 23.4. The van der Waals surface area contributed by atoms with Gasteiger partial charge in [0.2, 0.25) is 0 Å². The first-order valence-electron chi connectivity index (χ1n) is 6.53. The van der Waals surface area contributed by atoms with Gasteiger partial charge < -0.3 is 19.5 Å². The van der Waals surface area contributed by atoms with Crippen molar-refractivity contribution in [3.05, 3.63) is 29.8 Å². The second-order valence-electron chi connectivity index (χ2n) is 4.54. The first-order valence-corrected chi connectivity index (χ1v) is 6.53. The first kappa shape index (κ1) is 17.1. The van der Waals surface area contributed by atoms with Crippen LogP contribution in [0, 0.1) is 0 Å². The van der Waals surface area contributed by atoms with Crippen LogP contribution in [0.1, 0.15) is 18.4 Å². The van der Waals surface area contributed by atoms with Gasteiger partial charge in [0.05, 0.1) is 19.6 Å². The average Bonchev–Trinajstić information content (AvgIpc) is 2.51. The lowest BCUT2D eigenvalue weighted by atomic mass is 10.0. The van der Waals surface area contributed by atoms with Crippen LogP contribution in [0.5, 0.6) is 0 Å². The average molecular weight is 295 g/mol. The molecule has 6 heteroatoms. The third-order valence-electron chi connectivity index (χ3n) is 3.13. The molecule has 116 valence electrons. The molecule has 0 aliphatic heterocycles. The van der Waals surface area contributed by atoms with Gasteiger partial charge in [0.15, 0.2) is 6.10 Å². The minimum Gasteiger partial charge on any atom is -0.469 e. The lowest BCUT2D eigenvalue weighted by molar-refractivity contribution is -0.142. The van der Waals surface area contributed by atoms with E-state index < -0.39 is 6.10 Å². The molecule has 0 saturated carbocycles. The van der Waals surface area contributed by atoms with Crippen molar-refractivity contribution in [3.8, 4) is 0 Å². The number of benzene rings is 1. The Bertz CT molecular complexity index is 471. The van der Waals surface area contributed by atoms with Crippen molar-refractivity contribution in [2.24, 2.45) is 0 Å². The quantitative estimate of drug-likeness (QED) is 0.773. The van der Waals surface area contributed by atoms with Crippen molar-refractivity contribution in [1.29, 1.82) is 0 Å². The summed E-state index contributed by atoms with van der Waals surface area (Å²) in [6.45, 7) is 1.94. The van der Waals surface area contributed by atoms with Gasteiger partial charge in [-0.1, -0.05) is 12.1 Å². The molecule has 0 spiro atoms. The maximum absolute atomic E-state index is 11.9. The molecule has 0 heterocycles. The van der Waals surface area contributed by atoms with Gasteiger partial charge in [-0.25, -0.2) is 0 Å². The predicted molar refractivity (Wildman–Crippen MR) is 78.2 cm³/mol. The number of nitrogens with one attached hydrogen (secondary N) is 1. The van der Waals surface area contributed by atoms with Crippen LogP contribution in [-0.4, -0.2) is 45.9 Å². The molecular formula is C15H21NO5. The number of carbonyl (C=O) groups is 2. The smallest absolute Gasteiger partial charge is 0.312 e. The van der Waals surface area contributed by atoms with E-state index in [1.165, 1.54) is 21.3 Å². The highest BCUT2D eigenvalue weighted by Gasteiger charge is 2.18. The zero-order chi connectivity index (χ0) is 15.8.